The predicted octanol–water partition coefficient (Wildman–Crippen LogP) is 4.11. The van der Waals surface area contributed by atoms with E-state index in [1.165, 1.54) is 22.9 Å². The van der Waals surface area contributed by atoms with E-state index in [9.17, 15) is 13.9 Å². The molecule has 2 aromatic heterocycles. The number of imidazole rings is 1. The van der Waals surface area contributed by atoms with E-state index in [1.807, 2.05) is 0 Å². The topological polar surface area (TPSA) is 62.8 Å². The maximum Gasteiger partial charge on any atom is 0.154 e. The molecule has 128 valence electrons. The summed E-state index contributed by atoms with van der Waals surface area (Å²) in [5.41, 5.74) is 0.0264. The number of aliphatic hydroxyl groups is 1. The first-order valence-corrected chi connectivity index (χ1v) is 7.65. The van der Waals surface area contributed by atoms with E-state index in [4.69, 9.17) is 11.6 Å². The second-order valence-corrected chi connectivity index (χ2v) is 5.58. The van der Waals surface area contributed by atoms with Crippen LogP contribution in [0.3, 0.4) is 0 Å². The summed E-state index contributed by atoms with van der Waals surface area (Å²) < 4.78 is 30.6. The molecule has 0 bridgehead atoms. The van der Waals surface area contributed by atoms with Crippen LogP contribution in [0.2, 0.25) is 5.15 Å². The molecular formula is C17H13ClF2N4O. The number of fused-ring (bicyclic) bond motifs is 1. The zero-order chi connectivity index (χ0) is 18.1. The first kappa shape index (κ1) is 17.2. The van der Waals surface area contributed by atoms with Crippen LogP contribution in [0.5, 0.6) is 0 Å². The Labute approximate surface area is 146 Å². The molecule has 0 saturated heterocycles. The molecule has 1 unspecified atom stereocenters. The summed E-state index contributed by atoms with van der Waals surface area (Å²) in [5, 5.41) is 14.8. The Kier molecular flexibility index (Phi) is 4.61. The fourth-order valence-electron chi connectivity index (χ4n) is 2.55. The molecule has 0 radical (unpaired) electrons. The molecule has 3 aromatic rings. The lowest BCUT2D eigenvalue weighted by Gasteiger charge is -2.15. The van der Waals surface area contributed by atoms with Gasteiger partial charge in [-0.3, -0.25) is 4.99 Å². The van der Waals surface area contributed by atoms with Crippen LogP contribution in [0.25, 0.3) is 11.7 Å². The molecule has 0 aliphatic carbocycles. The summed E-state index contributed by atoms with van der Waals surface area (Å²) in [6.45, 7) is 5.00. The monoisotopic (exact) mass is 362 g/mol. The highest BCUT2D eigenvalue weighted by molar-refractivity contribution is 6.29. The number of nitrogens with zero attached hydrogens (tertiary/aromatic N) is 4. The number of aliphatic hydroxyl groups excluding tert-OH is 1. The Morgan fingerprint density at radius 3 is 2.84 bits per heavy atom. The van der Waals surface area contributed by atoms with Crippen LogP contribution in [0.4, 0.5) is 14.5 Å². The largest absolute Gasteiger partial charge is 0.382 e. The minimum absolute atomic E-state index is 0.0350. The molecule has 25 heavy (non-hydrogen) atoms. The molecule has 0 fully saturated rings. The summed E-state index contributed by atoms with van der Waals surface area (Å²) in [5.74, 6) is -1.87. The van der Waals surface area contributed by atoms with Crippen LogP contribution in [-0.2, 0) is 0 Å². The third-order valence-corrected chi connectivity index (χ3v) is 3.88. The normalized spacial score (nSPS) is 12.8. The van der Waals surface area contributed by atoms with Crippen LogP contribution in [-0.4, -0.2) is 26.4 Å². The molecule has 1 N–H and O–H groups in total. The fraction of sp³-hybridized carbons (Fsp3) is 0.118. The number of benzene rings is 1. The first-order chi connectivity index (χ1) is 12.0. The Morgan fingerprint density at radius 1 is 1.40 bits per heavy atom. The lowest BCUT2D eigenvalue weighted by Crippen LogP contribution is -2.11. The third kappa shape index (κ3) is 2.92. The van der Waals surface area contributed by atoms with E-state index in [0.29, 0.717) is 5.65 Å². The zero-order valence-electron chi connectivity index (χ0n) is 13.1. The summed E-state index contributed by atoms with van der Waals surface area (Å²) in [4.78, 5) is 7.68. The Balaban J connectivity index is 2.22. The minimum atomic E-state index is -1.64. The number of rotatable bonds is 4. The van der Waals surface area contributed by atoms with Gasteiger partial charge in [-0.15, -0.1) is 0 Å². The maximum atomic E-state index is 14.9. The van der Waals surface area contributed by atoms with Crippen LogP contribution in [0, 0.1) is 11.6 Å². The van der Waals surface area contributed by atoms with Gasteiger partial charge in [0.15, 0.2) is 5.65 Å². The van der Waals surface area contributed by atoms with Gasteiger partial charge < -0.3 is 5.11 Å². The highest BCUT2D eigenvalue weighted by atomic mass is 35.5. The molecule has 1 atom stereocenters. The van der Waals surface area contributed by atoms with Crippen molar-refractivity contribution < 1.29 is 13.9 Å². The van der Waals surface area contributed by atoms with Crippen LogP contribution in [0.15, 0.2) is 35.5 Å². The summed E-state index contributed by atoms with van der Waals surface area (Å²) >= 11 is 5.85. The standard InChI is InChI=1S/C17H13ClF2N4O/c1-3-4-9-11(21-2)7-10(19)15(16(9)20)17(25)12-8-22-14-6-5-13(18)23-24(12)14/h3-8,17,25H,2H2,1H3/b4-3-. The minimum Gasteiger partial charge on any atom is -0.382 e. The van der Waals surface area contributed by atoms with E-state index in [1.54, 1.807) is 19.1 Å². The van der Waals surface area contributed by atoms with Crippen molar-refractivity contribution >= 4 is 35.7 Å². The first-order valence-electron chi connectivity index (χ1n) is 7.27. The molecule has 8 heteroatoms. The van der Waals surface area contributed by atoms with E-state index >= 15 is 0 Å². The van der Waals surface area contributed by atoms with Gasteiger partial charge in [0, 0.05) is 11.6 Å². The van der Waals surface area contributed by atoms with Gasteiger partial charge in [0.2, 0.25) is 0 Å². The molecule has 0 spiro atoms. The van der Waals surface area contributed by atoms with E-state index < -0.39 is 23.3 Å². The second-order valence-electron chi connectivity index (χ2n) is 5.19. The fourth-order valence-corrected chi connectivity index (χ4v) is 2.69. The van der Waals surface area contributed by atoms with Gasteiger partial charge in [-0.25, -0.2) is 18.3 Å². The molecule has 1 aromatic carbocycles. The number of hydrogen-bond acceptors (Lipinski definition) is 4. The Morgan fingerprint density at radius 2 is 2.16 bits per heavy atom. The average molecular weight is 363 g/mol. The molecule has 0 aliphatic heterocycles. The highest BCUT2D eigenvalue weighted by Gasteiger charge is 2.26. The number of allylic oxidation sites excluding steroid dienone is 1. The summed E-state index contributed by atoms with van der Waals surface area (Å²) in [7, 11) is 0. The van der Waals surface area contributed by atoms with E-state index in [-0.39, 0.29) is 22.1 Å². The number of aliphatic imine (C=N–C) groups is 1. The highest BCUT2D eigenvalue weighted by Crippen LogP contribution is 2.34. The van der Waals surface area contributed by atoms with E-state index in [2.05, 4.69) is 21.8 Å². The maximum absolute atomic E-state index is 14.9. The van der Waals surface area contributed by atoms with Crippen LogP contribution < -0.4 is 0 Å². The Hall–Kier alpha value is -2.64. The van der Waals surface area contributed by atoms with Crippen molar-refractivity contribution in [1.82, 2.24) is 14.6 Å². The van der Waals surface area contributed by atoms with Gasteiger partial charge in [0.05, 0.1) is 23.1 Å². The van der Waals surface area contributed by atoms with Crippen molar-refractivity contribution in [2.24, 2.45) is 4.99 Å². The van der Waals surface area contributed by atoms with Crippen molar-refractivity contribution in [3.05, 3.63) is 64.1 Å². The lowest BCUT2D eigenvalue weighted by atomic mass is 10.00. The Bertz CT molecular complexity index is 1000. The molecule has 0 aliphatic rings. The van der Waals surface area contributed by atoms with Crippen LogP contribution >= 0.6 is 11.6 Å². The molecule has 0 amide bonds. The van der Waals surface area contributed by atoms with Crippen molar-refractivity contribution in [3.63, 3.8) is 0 Å². The molecule has 3 rings (SSSR count). The smallest absolute Gasteiger partial charge is 0.154 e. The quantitative estimate of drug-likeness (QED) is 0.710. The number of halogens is 3. The number of aromatic nitrogens is 3. The number of hydrogen-bond donors (Lipinski definition) is 1. The summed E-state index contributed by atoms with van der Waals surface area (Å²) in [6, 6.07) is 4.12. The van der Waals surface area contributed by atoms with Crippen molar-refractivity contribution in [3.8, 4) is 0 Å². The van der Waals surface area contributed by atoms with Crippen molar-refractivity contribution in [2.45, 2.75) is 13.0 Å². The second kappa shape index (κ2) is 6.70. The summed E-state index contributed by atoms with van der Waals surface area (Å²) in [6.07, 6.45) is 2.66. The lowest BCUT2D eigenvalue weighted by molar-refractivity contribution is 0.202. The SMILES string of the molecule is C=Nc1cc(F)c(C(O)c2cnc3ccc(Cl)nn23)c(F)c1/C=C\C. The van der Waals surface area contributed by atoms with Gasteiger partial charge >= 0.3 is 0 Å². The van der Waals surface area contributed by atoms with Gasteiger partial charge in [-0.1, -0.05) is 23.8 Å². The van der Waals surface area contributed by atoms with Gasteiger partial charge in [0.25, 0.3) is 0 Å². The molecule has 0 saturated carbocycles. The molecular weight excluding hydrogens is 350 g/mol. The zero-order valence-corrected chi connectivity index (χ0v) is 13.9. The third-order valence-electron chi connectivity index (χ3n) is 3.68. The van der Waals surface area contributed by atoms with E-state index in [0.717, 1.165) is 6.07 Å². The van der Waals surface area contributed by atoms with Crippen molar-refractivity contribution in [2.75, 3.05) is 0 Å². The van der Waals surface area contributed by atoms with Crippen LogP contribution in [0.1, 0.15) is 29.8 Å². The molecule has 2 heterocycles. The average Bonchev–Trinajstić information content (AvgIpc) is 3.00. The van der Waals surface area contributed by atoms with Gasteiger partial charge in [-0.2, -0.15) is 5.10 Å². The predicted molar refractivity (Wildman–Crippen MR) is 92.3 cm³/mol. The van der Waals surface area contributed by atoms with Crippen molar-refractivity contribution in [1.29, 1.82) is 0 Å². The van der Waals surface area contributed by atoms with Gasteiger partial charge in [0.1, 0.15) is 22.9 Å². The molecule has 5 nitrogen and oxygen atoms in total. The van der Waals surface area contributed by atoms with Gasteiger partial charge in [-0.05, 0) is 25.8 Å².